The van der Waals surface area contributed by atoms with E-state index in [1.165, 1.54) is 58.0 Å². The van der Waals surface area contributed by atoms with Gasteiger partial charge in [-0.2, -0.15) is 0 Å². The van der Waals surface area contributed by atoms with E-state index in [-0.39, 0.29) is 12.6 Å². The number of hydrogen-bond acceptors (Lipinski definition) is 3. The normalized spacial score (nSPS) is 26.3. The zero-order valence-electron chi connectivity index (χ0n) is 12.0. The highest BCUT2D eigenvalue weighted by Gasteiger charge is 2.35. The molecule has 1 saturated heterocycles. The van der Waals surface area contributed by atoms with Gasteiger partial charge in [0.1, 0.15) is 0 Å². The number of aliphatic hydroxyl groups is 1. The highest BCUT2D eigenvalue weighted by Crippen LogP contribution is 2.44. The van der Waals surface area contributed by atoms with Crippen molar-refractivity contribution in [1.82, 2.24) is 10.2 Å². The number of aliphatic hydroxyl groups excluding tert-OH is 1. The monoisotopic (exact) mass is 254 g/mol. The quantitative estimate of drug-likeness (QED) is 0.788. The number of likely N-dealkylation sites (N-methyl/N-ethyl adjacent to an activating group) is 1. The molecule has 2 aliphatic rings. The molecule has 1 aliphatic carbocycles. The second-order valence-electron chi connectivity index (χ2n) is 6.30. The second-order valence-corrected chi connectivity index (χ2v) is 6.30. The van der Waals surface area contributed by atoms with Gasteiger partial charge in [-0.25, -0.2) is 0 Å². The molecule has 2 N–H and O–H groups in total. The Kier molecular flexibility index (Phi) is 5.46. The molecular formula is C15H30N2O. The Bertz CT molecular complexity index is 229. The lowest BCUT2D eigenvalue weighted by atomic mass is 9.68. The molecular weight excluding hydrogens is 224 g/mol. The third-order valence-corrected chi connectivity index (χ3v) is 5.02. The summed E-state index contributed by atoms with van der Waals surface area (Å²) in [5.41, 5.74) is 0.696. The van der Waals surface area contributed by atoms with Crippen molar-refractivity contribution in [3.63, 3.8) is 0 Å². The van der Waals surface area contributed by atoms with Crippen LogP contribution in [0.25, 0.3) is 0 Å². The number of nitrogens with zero attached hydrogens (tertiary/aromatic N) is 1. The van der Waals surface area contributed by atoms with Crippen LogP contribution in [-0.4, -0.2) is 48.8 Å². The highest BCUT2D eigenvalue weighted by molar-refractivity contribution is 4.89. The summed E-state index contributed by atoms with van der Waals surface area (Å²) < 4.78 is 0. The highest BCUT2D eigenvalue weighted by atomic mass is 16.3. The standard InChI is InChI=1S/C15H30N2O/c1-2-16-14(13-18)12-17-10-8-15(9-11-17)6-4-3-5-7-15/h14,16,18H,2-13H2,1H3. The fraction of sp³-hybridized carbons (Fsp3) is 1.00. The molecule has 1 spiro atoms. The minimum Gasteiger partial charge on any atom is -0.395 e. The van der Waals surface area contributed by atoms with Crippen LogP contribution in [0.3, 0.4) is 0 Å². The fourth-order valence-corrected chi connectivity index (χ4v) is 3.80. The molecule has 1 saturated carbocycles. The third kappa shape index (κ3) is 3.69. The Morgan fingerprint density at radius 3 is 2.33 bits per heavy atom. The molecule has 0 aromatic heterocycles. The van der Waals surface area contributed by atoms with Crippen molar-refractivity contribution in [2.24, 2.45) is 5.41 Å². The molecule has 3 nitrogen and oxygen atoms in total. The van der Waals surface area contributed by atoms with Crippen molar-refractivity contribution >= 4 is 0 Å². The van der Waals surface area contributed by atoms with Crippen LogP contribution in [0.15, 0.2) is 0 Å². The summed E-state index contributed by atoms with van der Waals surface area (Å²) in [5, 5.41) is 12.7. The zero-order chi connectivity index (χ0) is 12.8. The fourth-order valence-electron chi connectivity index (χ4n) is 3.80. The predicted molar refractivity (Wildman–Crippen MR) is 75.7 cm³/mol. The van der Waals surface area contributed by atoms with Crippen molar-refractivity contribution < 1.29 is 5.11 Å². The number of rotatable bonds is 5. The summed E-state index contributed by atoms with van der Waals surface area (Å²) in [6.45, 7) is 6.80. The first kappa shape index (κ1) is 14.3. The van der Waals surface area contributed by atoms with Crippen LogP contribution in [-0.2, 0) is 0 Å². The van der Waals surface area contributed by atoms with Gasteiger partial charge in [0.2, 0.25) is 0 Å². The van der Waals surface area contributed by atoms with Gasteiger partial charge in [0.25, 0.3) is 0 Å². The molecule has 0 radical (unpaired) electrons. The summed E-state index contributed by atoms with van der Waals surface area (Å²) in [7, 11) is 0. The first-order valence-electron chi connectivity index (χ1n) is 7.84. The first-order chi connectivity index (χ1) is 8.78. The summed E-state index contributed by atoms with van der Waals surface area (Å²) in [5.74, 6) is 0. The van der Waals surface area contributed by atoms with Crippen LogP contribution in [0.5, 0.6) is 0 Å². The summed E-state index contributed by atoms with van der Waals surface area (Å²) >= 11 is 0. The van der Waals surface area contributed by atoms with Gasteiger partial charge in [-0.15, -0.1) is 0 Å². The molecule has 1 aliphatic heterocycles. The molecule has 18 heavy (non-hydrogen) atoms. The van der Waals surface area contributed by atoms with Gasteiger partial charge in [-0.05, 0) is 50.7 Å². The number of nitrogens with one attached hydrogen (secondary N) is 1. The van der Waals surface area contributed by atoms with Gasteiger partial charge in [0.05, 0.1) is 6.61 Å². The molecule has 0 bridgehead atoms. The largest absolute Gasteiger partial charge is 0.395 e. The van der Waals surface area contributed by atoms with Gasteiger partial charge >= 0.3 is 0 Å². The van der Waals surface area contributed by atoms with Gasteiger partial charge in [0.15, 0.2) is 0 Å². The lowest BCUT2D eigenvalue weighted by Gasteiger charge is -2.45. The van der Waals surface area contributed by atoms with Crippen LogP contribution in [0.2, 0.25) is 0 Å². The number of piperidine rings is 1. The van der Waals surface area contributed by atoms with E-state index in [2.05, 4.69) is 17.1 Å². The first-order valence-corrected chi connectivity index (χ1v) is 7.84. The summed E-state index contributed by atoms with van der Waals surface area (Å²) in [6, 6.07) is 0.260. The predicted octanol–water partition coefficient (Wildman–Crippen LogP) is 2.00. The van der Waals surface area contributed by atoms with Gasteiger partial charge in [0, 0.05) is 12.6 Å². The molecule has 2 rings (SSSR count). The van der Waals surface area contributed by atoms with Gasteiger partial charge in [-0.3, -0.25) is 0 Å². The van der Waals surface area contributed by atoms with Crippen molar-refractivity contribution in [3.8, 4) is 0 Å². The second kappa shape index (κ2) is 6.88. The molecule has 2 fully saturated rings. The van der Waals surface area contributed by atoms with Crippen LogP contribution >= 0.6 is 0 Å². The average molecular weight is 254 g/mol. The molecule has 0 aromatic carbocycles. The van der Waals surface area contributed by atoms with Crippen molar-refractivity contribution in [1.29, 1.82) is 0 Å². The minimum absolute atomic E-state index is 0.259. The molecule has 0 amide bonds. The van der Waals surface area contributed by atoms with E-state index in [9.17, 15) is 5.11 Å². The van der Waals surface area contributed by atoms with Crippen LogP contribution in [0, 0.1) is 5.41 Å². The Morgan fingerprint density at radius 1 is 1.11 bits per heavy atom. The third-order valence-electron chi connectivity index (χ3n) is 5.02. The van der Waals surface area contributed by atoms with E-state index >= 15 is 0 Å². The van der Waals surface area contributed by atoms with Crippen LogP contribution in [0.1, 0.15) is 51.9 Å². The van der Waals surface area contributed by atoms with E-state index < -0.39 is 0 Å². The van der Waals surface area contributed by atoms with Crippen LogP contribution < -0.4 is 5.32 Å². The number of hydrogen-bond donors (Lipinski definition) is 2. The van der Waals surface area contributed by atoms with Crippen molar-refractivity contribution in [2.45, 2.75) is 57.9 Å². The topological polar surface area (TPSA) is 35.5 Å². The summed E-state index contributed by atoms with van der Waals surface area (Å²) in [6.07, 6.45) is 10.1. The van der Waals surface area contributed by atoms with Gasteiger partial charge in [-0.1, -0.05) is 26.2 Å². The SMILES string of the molecule is CCNC(CO)CN1CCC2(CCCCC2)CC1. The average Bonchev–Trinajstić information content (AvgIpc) is 2.42. The lowest BCUT2D eigenvalue weighted by Crippen LogP contribution is -2.48. The molecule has 1 heterocycles. The Balaban J connectivity index is 1.75. The minimum atomic E-state index is 0.259. The molecule has 0 aromatic rings. The smallest absolute Gasteiger partial charge is 0.0597 e. The Labute approximate surface area is 112 Å². The maximum Gasteiger partial charge on any atom is 0.0597 e. The van der Waals surface area contributed by atoms with E-state index in [0.717, 1.165) is 13.1 Å². The maximum absolute atomic E-state index is 9.34. The van der Waals surface area contributed by atoms with E-state index in [1.807, 2.05) is 0 Å². The van der Waals surface area contributed by atoms with Crippen molar-refractivity contribution in [3.05, 3.63) is 0 Å². The van der Waals surface area contributed by atoms with Crippen molar-refractivity contribution in [2.75, 3.05) is 32.8 Å². The maximum atomic E-state index is 9.34. The zero-order valence-corrected chi connectivity index (χ0v) is 12.0. The summed E-state index contributed by atoms with van der Waals surface area (Å²) in [4.78, 5) is 2.55. The van der Waals surface area contributed by atoms with E-state index in [1.54, 1.807) is 0 Å². The Morgan fingerprint density at radius 2 is 1.78 bits per heavy atom. The molecule has 1 atom stereocenters. The molecule has 3 heteroatoms. The van der Waals surface area contributed by atoms with Gasteiger partial charge < -0.3 is 15.3 Å². The molecule has 106 valence electrons. The van der Waals surface area contributed by atoms with E-state index in [0.29, 0.717) is 5.41 Å². The Hall–Kier alpha value is -0.120. The van der Waals surface area contributed by atoms with Crippen LogP contribution in [0.4, 0.5) is 0 Å². The lowest BCUT2D eigenvalue weighted by molar-refractivity contribution is 0.0582. The number of likely N-dealkylation sites (tertiary alicyclic amines) is 1. The molecule has 1 unspecified atom stereocenters. The van der Waals surface area contributed by atoms with E-state index in [4.69, 9.17) is 0 Å².